The third kappa shape index (κ3) is 3.82. The van der Waals surface area contributed by atoms with Crippen LogP contribution < -0.4 is 5.32 Å². The van der Waals surface area contributed by atoms with Gasteiger partial charge in [-0.2, -0.15) is 11.3 Å². The molecule has 0 saturated carbocycles. The van der Waals surface area contributed by atoms with Gasteiger partial charge in [-0.1, -0.05) is 6.07 Å². The fourth-order valence-corrected chi connectivity index (χ4v) is 3.11. The van der Waals surface area contributed by atoms with Gasteiger partial charge in [0.15, 0.2) is 0 Å². The SMILES string of the molecule is CSc1ccc(C(C)NCC(O)c2ccsc2)cc1F. The van der Waals surface area contributed by atoms with Crippen LogP contribution in [-0.4, -0.2) is 17.9 Å². The predicted molar refractivity (Wildman–Crippen MR) is 83.9 cm³/mol. The molecule has 1 aromatic carbocycles. The summed E-state index contributed by atoms with van der Waals surface area (Å²) in [5.74, 6) is -0.193. The molecule has 1 aromatic heterocycles. The summed E-state index contributed by atoms with van der Waals surface area (Å²) in [5, 5.41) is 17.1. The first-order valence-electron chi connectivity index (χ1n) is 6.38. The maximum atomic E-state index is 13.7. The van der Waals surface area contributed by atoms with Crippen LogP contribution in [0.2, 0.25) is 0 Å². The molecule has 0 bridgehead atoms. The van der Waals surface area contributed by atoms with Crippen LogP contribution in [0, 0.1) is 5.82 Å². The number of hydrogen-bond donors (Lipinski definition) is 2. The zero-order chi connectivity index (χ0) is 14.5. The van der Waals surface area contributed by atoms with E-state index in [9.17, 15) is 9.50 Å². The molecule has 1 heterocycles. The lowest BCUT2D eigenvalue weighted by Gasteiger charge is -2.17. The Bertz CT molecular complexity index is 545. The predicted octanol–water partition coefficient (Wildman–Crippen LogP) is 3.99. The van der Waals surface area contributed by atoms with Crippen molar-refractivity contribution >= 4 is 23.1 Å². The Kier molecular flexibility index (Phi) is 5.60. The summed E-state index contributed by atoms with van der Waals surface area (Å²) in [4.78, 5) is 0.652. The molecule has 0 aliphatic carbocycles. The molecule has 0 saturated heterocycles. The summed E-state index contributed by atoms with van der Waals surface area (Å²) in [6.07, 6.45) is 1.33. The van der Waals surface area contributed by atoms with Crippen molar-refractivity contribution in [3.8, 4) is 0 Å². The normalized spacial score (nSPS) is 14.2. The summed E-state index contributed by atoms with van der Waals surface area (Å²) in [6, 6.07) is 7.18. The van der Waals surface area contributed by atoms with Gasteiger partial charge in [-0.15, -0.1) is 11.8 Å². The van der Waals surface area contributed by atoms with Gasteiger partial charge in [-0.3, -0.25) is 0 Å². The lowest BCUT2D eigenvalue weighted by Crippen LogP contribution is -2.24. The molecule has 0 spiro atoms. The maximum Gasteiger partial charge on any atom is 0.137 e. The van der Waals surface area contributed by atoms with Crippen LogP contribution in [0.5, 0.6) is 0 Å². The minimum absolute atomic E-state index is 0.00584. The van der Waals surface area contributed by atoms with Crippen molar-refractivity contribution in [3.05, 3.63) is 52.0 Å². The van der Waals surface area contributed by atoms with Crippen molar-refractivity contribution in [2.45, 2.75) is 24.0 Å². The Balaban J connectivity index is 1.94. The van der Waals surface area contributed by atoms with Crippen LogP contribution >= 0.6 is 23.1 Å². The second-order valence-corrected chi connectivity index (χ2v) is 6.22. The molecule has 0 aliphatic heterocycles. The molecular weight excluding hydrogens is 293 g/mol. The quantitative estimate of drug-likeness (QED) is 0.791. The third-order valence-electron chi connectivity index (χ3n) is 3.22. The molecule has 0 fully saturated rings. The molecule has 2 nitrogen and oxygen atoms in total. The molecule has 108 valence electrons. The summed E-state index contributed by atoms with van der Waals surface area (Å²) in [6.45, 7) is 2.41. The van der Waals surface area contributed by atoms with Crippen LogP contribution in [0.1, 0.15) is 30.2 Å². The van der Waals surface area contributed by atoms with Crippen molar-refractivity contribution in [2.75, 3.05) is 12.8 Å². The van der Waals surface area contributed by atoms with Crippen LogP contribution in [0.3, 0.4) is 0 Å². The van der Waals surface area contributed by atoms with E-state index in [0.717, 1.165) is 11.1 Å². The molecule has 2 aromatic rings. The first-order valence-corrected chi connectivity index (χ1v) is 8.55. The standard InChI is InChI=1S/C15H18FNOS2/c1-10(11-3-4-15(19-2)13(16)7-11)17-8-14(18)12-5-6-20-9-12/h3-7,9-10,14,17-18H,8H2,1-2H3. The first-order chi connectivity index (χ1) is 9.61. The average molecular weight is 311 g/mol. The van der Waals surface area contributed by atoms with E-state index in [1.165, 1.54) is 11.8 Å². The number of nitrogens with one attached hydrogen (secondary N) is 1. The van der Waals surface area contributed by atoms with E-state index in [2.05, 4.69) is 5.32 Å². The fraction of sp³-hybridized carbons (Fsp3) is 0.333. The van der Waals surface area contributed by atoms with E-state index in [4.69, 9.17) is 0 Å². The molecule has 0 amide bonds. The van der Waals surface area contributed by atoms with Gasteiger partial charge in [0.1, 0.15) is 5.82 Å². The molecule has 5 heteroatoms. The third-order valence-corrected chi connectivity index (χ3v) is 4.69. The van der Waals surface area contributed by atoms with Crippen molar-refractivity contribution in [2.24, 2.45) is 0 Å². The minimum Gasteiger partial charge on any atom is -0.387 e. The Labute approximate surface area is 127 Å². The van der Waals surface area contributed by atoms with Gasteiger partial charge in [0, 0.05) is 17.5 Å². The number of aliphatic hydroxyl groups excluding tert-OH is 1. The Morgan fingerprint density at radius 1 is 1.35 bits per heavy atom. The van der Waals surface area contributed by atoms with E-state index in [1.807, 2.05) is 36.1 Å². The number of rotatable bonds is 6. The highest BCUT2D eigenvalue weighted by Crippen LogP contribution is 2.23. The van der Waals surface area contributed by atoms with E-state index < -0.39 is 6.10 Å². The first kappa shape index (κ1) is 15.5. The van der Waals surface area contributed by atoms with Crippen molar-refractivity contribution in [1.82, 2.24) is 5.32 Å². The van der Waals surface area contributed by atoms with Crippen molar-refractivity contribution in [3.63, 3.8) is 0 Å². The van der Waals surface area contributed by atoms with E-state index in [0.29, 0.717) is 11.4 Å². The molecule has 0 radical (unpaired) electrons. The van der Waals surface area contributed by atoms with Crippen LogP contribution in [-0.2, 0) is 0 Å². The fourth-order valence-electron chi connectivity index (χ4n) is 1.94. The number of aliphatic hydroxyl groups is 1. The van der Waals surface area contributed by atoms with Gasteiger partial charge < -0.3 is 10.4 Å². The molecule has 0 aliphatic rings. The van der Waals surface area contributed by atoms with Crippen LogP contribution in [0.25, 0.3) is 0 Å². The Morgan fingerprint density at radius 3 is 2.75 bits per heavy atom. The molecule has 2 N–H and O–H groups in total. The van der Waals surface area contributed by atoms with Gasteiger partial charge in [0.2, 0.25) is 0 Å². The number of thioether (sulfide) groups is 1. The highest BCUT2D eigenvalue weighted by atomic mass is 32.2. The average Bonchev–Trinajstić information content (AvgIpc) is 2.98. The second-order valence-electron chi connectivity index (χ2n) is 4.60. The van der Waals surface area contributed by atoms with Gasteiger partial charge in [-0.05, 0) is 53.3 Å². The number of hydrogen-bond acceptors (Lipinski definition) is 4. The Hall–Kier alpha value is -0.880. The van der Waals surface area contributed by atoms with Gasteiger partial charge in [0.05, 0.1) is 6.10 Å². The molecule has 20 heavy (non-hydrogen) atoms. The number of benzene rings is 1. The monoisotopic (exact) mass is 311 g/mol. The zero-order valence-electron chi connectivity index (χ0n) is 11.5. The van der Waals surface area contributed by atoms with Crippen molar-refractivity contribution in [1.29, 1.82) is 0 Å². The number of halogens is 1. The van der Waals surface area contributed by atoms with E-state index in [1.54, 1.807) is 23.5 Å². The molecular formula is C15H18FNOS2. The smallest absolute Gasteiger partial charge is 0.137 e. The summed E-state index contributed by atoms with van der Waals surface area (Å²) in [7, 11) is 0. The van der Waals surface area contributed by atoms with E-state index >= 15 is 0 Å². The lowest BCUT2D eigenvalue weighted by molar-refractivity contribution is 0.171. The molecule has 2 unspecified atom stereocenters. The van der Waals surface area contributed by atoms with E-state index in [-0.39, 0.29) is 11.9 Å². The summed E-state index contributed by atoms with van der Waals surface area (Å²) < 4.78 is 13.7. The second kappa shape index (κ2) is 7.22. The van der Waals surface area contributed by atoms with Crippen LogP contribution in [0.15, 0.2) is 39.9 Å². The van der Waals surface area contributed by atoms with Crippen molar-refractivity contribution < 1.29 is 9.50 Å². The minimum atomic E-state index is -0.529. The summed E-state index contributed by atoms with van der Waals surface area (Å²) >= 11 is 2.96. The highest BCUT2D eigenvalue weighted by Gasteiger charge is 2.12. The maximum absolute atomic E-state index is 13.7. The van der Waals surface area contributed by atoms with Gasteiger partial charge in [0.25, 0.3) is 0 Å². The lowest BCUT2D eigenvalue weighted by atomic mass is 10.1. The van der Waals surface area contributed by atoms with Crippen LogP contribution in [0.4, 0.5) is 4.39 Å². The summed E-state index contributed by atoms with van der Waals surface area (Å²) in [5.41, 5.74) is 1.80. The Morgan fingerprint density at radius 2 is 2.15 bits per heavy atom. The van der Waals surface area contributed by atoms with Gasteiger partial charge in [-0.25, -0.2) is 4.39 Å². The molecule has 2 rings (SSSR count). The zero-order valence-corrected chi connectivity index (χ0v) is 13.1. The largest absolute Gasteiger partial charge is 0.387 e. The number of thiophene rings is 1. The highest BCUT2D eigenvalue weighted by molar-refractivity contribution is 7.98. The topological polar surface area (TPSA) is 32.3 Å². The molecule has 2 atom stereocenters. The van der Waals surface area contributed by atoms with Gasteiger partial charge >= 0.3 is 0 Å².